The van der Waals surface area contributed by atoms with E-state index in [0.717, 1.165) is 49.6 Å². The Bertz CT molecular complexity index is 1500. The van der Waals surface area contributed by atoms with Gasteiger partial charge in [0.1, 0.15) is 23.8 Å². The van der Waals surface area contributed by atoms with Gasteiger partial charge in [0.15, 0.2) is 12.2 Å². The lowest BCUT2D eigenvalue weighted by Crippen LogP contribution is -2.49. The lowest BCUT2D eigenvalue weighted by Gasteiger charge is -2.38. The minimum absolute atomic E-state index is 0.00844. The van der Waals surface area contributed by atoms with Gasteiger partial charge in [-0.2, -0.15) is 0 Å². The number of oxazole rings is 1. The largest absolute Gasteiger partial charge is 0.486 e. The number of β-amino-alcohol motifs (C(OH)–C–C–N with tert-alkyl or cyclic N) is 1. The van der Waals surface area contributed by atoms with Gasteiger partial charge in [-0.25, -0.2) is 14.8 Å². The topological polar surface area (TPSA) is 142 Å². The Balaban J connectivity index is 1.05. The summed E-state index contributed by atoms with van der Waals surface area (Å²) in [5, 5.41) is 17.0. The molecule has 1 aromatic carbocycles. The van der Waals surface area contributed by atoms with Gasteiger partial charge in [-0.1, -0.05) is 6.07 Å². The highest BCUT2D eigenvalue weighted by Gasteiger charge is 2.32. The Labute approximate surface area is 270 Å². The third-order valence-electron chi connectivity index (χ3n) is 8.33. The summed E-state index contributed by atoms with van der Waals surface area (Å²) in [4.78, 5) is 37.9. The molecule has 5 rings (SSSR count). The van der Waals surface area contributed by atoms with E-state index < -0.39 is 11.7 Å². The molecule has 3 atom stereocenters. The van der Waals surface area contributed by atoms with Gasteiger partial charge in [0.25, 0.3) is 5.91 Å². The van der Waals surface area contributed by atoms with Crippen molar-refractivity contribution in [2.45, 2.75) is 90.8 Å². The molecule has 0 aliphatic carbocycles. The summed E-state index contributed by atoms with van der Waals surface area (Å²) < 4.78 is 16.8. The summed E-state index contributed by atoms with van der Waals surface area (Å²) in [6, 6.07) is 9.59. The van der Waals surface area contributed by atoms with Gasteiger partial charge in [0.05, 0.1) is 11.8 Å². The van der Waals surface area contributed by atoms with Gasteiger partial charge in [-0.15, -0.1) is 0 Å². The fourth-order valence-electron chi connectivity index (χ4n) is 5.88. The molecule has 248 valence electrons. The van der Waals surface area contributed by atoms with Crippen molar-refractivity contribution in [1.82, 2.24) is 25.1 Å². The average molecular weight is 635 g/mol. The van der Waals surface area contributed by atoms with Crippen molar-refractivity contribution in [2.24, 2.45) is 0 Å². The highest BCUT2D eigenvalue weighted by molar-refractivity contribution is 5.94. The molecule has 1 saturated heterocycles. The van der Waals surface area contributed by atoms with Crippen molar-refractivity contribution < 1.29 is 28.6 Å². The Kier molecular flexibility index (Phi) is 10.5. The van der Waals surface area contributed by atoms with Gasteiger partial charge in [-0.05, 0) is 89.3 Å². The molecular weight excluding hydrogens is 588 g/mol. The van der Waals surface area contributed by atoms with Crippen molar-refractivity contribution in [3.63, 3.8) is 0 Å². The Morgan fingerprint density at radius 1 is 1.15 bits per heavy atom. The number of ether oxygens (including phenoxy) is 2. The SMILES string of the molecule is Cc1ncoc1COc1ccc2c(c1)CCN(C[C@@H](O)CNC(=O)c1ccnc(NC3CCN(C(=O)OC(C)(C)C)C(C)C3)c1)C2. The molecule has 2 unspecified atom stereocenters. The number of aromatic nitrogens is 2. The second kappa shape index (κ2) is 14.5. The average Bonchev–Trinajstić information content (AvgIpc) is 3.42. The number of carbonyl (C=O) groups is 2. The van der Waals surface area contributed by atoms with E-state index >= 15 is 0 Å². The van der Waals surface area contributed by atoms with Crippen molar-refractivity contribution in [3.8, 4) is 5.75 Å². The van der Waals surface area contributed by atoms with E-state index in [2.05, 4.69) is 37.6 Å². The highest BCUT2D eigenvalue weighted by Crippen LogP contribution is 2.26. The molecule has 0 spiro atoms. The number of amides is 2. The smallest absolute Gasteiger partial charge is 0.410 e. The summed E-state index contributed by atoms with van der Waals surface area (Å²) in [7, 11) is 0. The van der Waals surface area contributed by atoms with Crippen LogP contribution in [0.25, 0.3) is 0 Å². The molecule has 12 nitrogen and oxygen atoms in total. The molecule has 1 fully saturated rings. The number of piperidine rings is 1. The molecular formula is C34H46N6O6. The molecule has 46 heavy (non-hydrogen) atoms. The molecule has 2 aliphatic rings. The van der Waals surface area contributed by atoms with E-state index in [0.29, 0.717) is 31.1 Å². The fourth-order valence-corrected chi connectivity index (χ4v) is 5.88. The molecule has 0 bridgehead atoms. The van der Waals surface area contributed by atoms with Crippen LogP contribution in [0, 0.1) is 6.92 Å². The van der Waals surface area contributed by atoms with Crippen molar-refractivity contribution in [3.05, 3.63) is 71.1 Å². The molecule has 0 saturated carbocycles. The molecule has 2 aromatic heterocycles. The Hall–Kier alpha value is -4.16. The van der Waals surface area contributed by atoms with E-state index in [9.17, 15) is 14.7 Å². The number of rotatable bonds is 10. The number of likely N-dealkylation sites (tertiary alicyclic amines) is 1. The predicted octanol–water partition coefficient (Wildman–Crippen LogP) is 4.31. The number of carbonyl (C=O) groups excluding carboxylic acids is 2. The van der Waals surface area contributed by atoms with Gasteiger partial charge < -0.3 is 34.5 Å². The monoisotopic (exact) mass is 634 g/mol. The van der Waals surface area contributed by atoms with Gasteiger partial charge in [0.2, 0.25) is 0 Å². The summed E-state index contributed by atoms with van der Waals surface area (Å²) in [5.41, 5.74) is 3.19. The Morgan fingerprint density at radius 3 is 2.72 bits per heavy atom. The number of hydrogen-bond donors (Lipinski definition) is 3. The summed E-state index contributed by atoms with van der Waals surface area (Å²) in [6.07, 6.45) is 4.34. The second-order valence-corrected chi connectivity index (χ2v) is 13.2. The van der Waals surface area contributed by atoms with E-state index in [1.807, 2.05) is 40.7 Å². The third kappa shape index (κ3) is 8.97. The Morgan fingerprint density at radius 2 is 1.98 bits per heavy atom. The third-order valence-corrected chi connectivity index (χ3v) is 8.33. The number of nitrogens with zero attached hydrogens (tertiary/aromatic N) is 4. The number of pyridine rings is 1. The first-order valence-electron chi connectivity index (χ1n) is 16.0. The maximum absolute atomic E-state index is 12.9. The number of aliphatic hydroxyl groups is 1. The van der Waals surface area contributed by atoms with Gasteiger partial charge in [-0.3, -0.25) is 9.69 Å². The van der Waals surface area contributed by atoms with Crippen LogP contribution in [0.5, 0.6) is 5.75 Å². The first-order valence-corrected chi connectivity index (χ1v) is 16.0. The van der Waals surface area contributed by atoms with Crippen LogP contribution in [0.15, 0.2) is 47.3 Å². The molecule has 4 heterocycles. The van der Waals surface area contributed by atoms with Gasteiger partial charge >= 0.3 is 6.09 Å². The summed E-state index contributed by atoms with van der Waals surface area (Å²) >= 11 is 0. The van der Waals surface area contributed by atoms with Crippen molar-refractivity contribution in [2.75, 3.05) is 31.5 Å². The molecule has 2 amide bonds. The number of hydrogen-bond acceptors (Lipinski definition) is 10. The fraction of sp³-hybridized carbons (Fsp3) is 0.529. The summed E-state index contributed by atoms with van der Waals surface area (Å²) in [6.45, 7) is 12.5. The van der Waals surface area contributed by atoms with Crippen LogP contribution in [0.2, 0.25) is 0 Å². The van der Waals surface area contributed by atoms with Crippen LogP contribution in [0.1, 0.15) is 73.5 Å². The van der Waals surface area contributed by atoms with E-state index in [4.69, 9.17) is 13.9 Å². The first-order chi connectivity index (χ1) is 21.9. The zero-order chi connectivity index (χ0) is 32.8. The maximum Gasteiger partial charge on any atom is 0.410 e. The van der Waals surface area contributed by atoms with Crippen LogP contribution in [0.4, 0.5) is 10.6 Å². The lowest BCUT2D eigenvalue weighted by atomic mass is 9.98. The van der Waals surface area contributed by atoms with E-state index in [1.165, 1.54) is 17.5 Å². The number of fused-ring (bicyclic) bond motifs is 1. The first kappa shape index (κ1) is 33.2. The normalized spacial score (nSPS) is 19.2. The number of anilines is 1. The lowest BCUT2D eigenvalue weighted by molar-refractivity contribution is 0.0112. The van der Waals surface area contributed by atoms with Crippen LogP contribution >= 0.6 is 0 Å². The molecule has 3 aromatic rings. The van der Waals surface area contributed by atoms with Gasteiger partial charge in [0, 0.05) is 56.6 Å². The minimum Gasteiger partial charge on any atom is -0.486 e. The number of benzene rings is 1. The molecule has 3 N–H and O–H groups in total. The van der Waals surface area contributed by atoms with E-state index in [1.54, 1.807) is 23.2 Å². The number of nitrogens with one attached hydrogen (secondary N) is 2. The van der Waals surface area contributed by atoms with Crippen molar-refractivity contribution in [1.29, 1.82) is 0 Å². The van der Waals surface area contributed by atoms with Crippen LogP contribution in [-0.2, 0) is 24.3 Å². The standard InChI is InChI=1S/C34H46N6O6/c1-22-14-27(10-13-40(22)33(43)46-34(3,4)5)38-31-16-25(8-11-35-31)32(42)36-17-28(41)19-39-12-9-24-15-29(7-6-26(24)18-39)44-20-30-23(2)37-21-45-30/h6-8,11,15-16,21-22,27-28,41H,9-10,12-14,17-20H2,1-5H3,(H,35,38)(H,36,42)/t22?,27?,28-/m0/s1. The van der Waals surface area contributed by atoms with Crippen LogP contribution in [-0.4, -0.2) is 86.8 Å². The number of aryl methyl sites for hydroxylation is 1. The molecule has 2 aliphatic heterocycles. The predicted molar refractivity (Wildman–Crippen MR) is 173 cm³/mol. The second-order valence-electron chi connectivity index (χ2n) is 13.2. The maximum atomic E-state index is 12.9. The molecule has 0 radical (unpaired) electrons. The number of aliphatic hydroxyl groups excluding tert-OH is 1. The zero-order valence-electron chi connectivity index (χ0n) is 27.4. The quantitative estimate of drug-likeness (QED) is 0.295. The van der Waals surface area contributed by atoms with Crippen LogP contribution < -0.4 is 15.4 Å². The molecule has 12 heteroatoms. The van der Waals surface area contributed by atoms with Crippen molar-refractivity contribution >= 4 is 17.8 Å². The highest BCUT2D eigenvalue weighted by atomic mass is 16.6. The van der Waals surface area contributed by atoms with Crippen LogP contribution in [0.3, 0.4) is 0 Å². The summed E-state index contributed by atoms with van der Waals surface area (Å²) in [5.74, 6) is 1.84. The zero-order valence-corrected chi connectivity index (χ0v) is 27.4. The van der Waals surface area contributed by atoms with E-state index in [-0.39, 0.29) is 30.6 Å². The minimum atomic E-state index is -0.714.